The quantitative estimate of drug-likeness (QED) is 0.865. The van der Waals surface area contributed by atoms with E-state index in [0.717, 1.165) is 0 Å². The molecule has 0 aliphatic carbocycles. The summed E-state index contributed by atoms with van der Waals surface area (Å²) in [5, 5.41) is 10.8. The van der Waals surface area contributed by atoms with E-state index in [1.807, 2.05) is 4.90 Å². The molecule has 1 atom stereocenters. The number of carbonyl (C=O) groups excluding carboxylic acids is 1. The van der Waals surface area contributed by atoms with Gasteiger partial charge in [-0.25, -0.2) is 19.2 Å². The lowest BCUT2D eigenvalue weighted by Gasteiger charge is -2.24. The molecule has 120 valence electrons. The lowest BCUT2D eigenvalue weighted by molar-refractivity contribution is 0.0593. The first-order valence-corrected chi connectivity index (χ1v) is 7.15. The molecule has 0 saturated carbocycles. The third kappa shape index (κ3) is 3.00. The van der Waals surface area contributed by atoms with Crippen molar-refractivity contribution in [2.45, 2.75) is 12.0 Å². The zero-order valence-electron chi connectivity index (χ0n) is 12.6. The number of nitrogens with zero attached hydrogens (tertiary/aromatic N) is 3. The van der Waals surface area contributed by atoms with Crippen LogP contribution in [-0.4, -0.2) is 41.2 Å². The average molecular weight is 317 g/mol. The summed E-state index contributed by atoms with van der Waals surface area (Å²) in [5.41, 5.74) is -0.261. The largest absolute Gasteiger partial charge is 0.464 e. The van der Waals surface area contributed by atoms with Crippen LogP contribution in [0.1, 0.15) is 22.5 Å². The van der Waals surface area contributed by atoms with Crippen LogP contribution in [-0.2, 0) is 10.3 Å². The Labute approximate surface area is 132 Å². The van der Waals surface area contributed by atoms with E-state index in [4.69, 9.17) is 0 Å². The Morgan fingerprint density at radius 1 is 1.35 bits per heavy atom. The second-order valence-corrected chi connectivity index (χ2v) is 5.46. The van der Waals surface area contributed by atoms with Crippen molar-refractivity contribution in [3.05, 3.63) is 53.7 Å². The fourth-order valence-corrected chi connectivity index (χ4v) is 2.72. The van der Waals surface area contributed by atoms with Crippen LogP contribution >= 0.6 is 0 Å². The summed E-state index contributed by atoms with van der Waals surface area (Å²) in [5.74, 6) is -0.342. The molecule has 1 saturated heterocycles. The van der Waals surface area contributed by atoms with Crippen LogP contribution in [0.3, 0.4) is 0 Å². The molecule has 1 aromatic carbocycles. The monoisotopic (exact) mass is 317 g/mol. The molecule has 1 unspecified atom stereocenters. The van der Waals surface area contributed by atoms with Gasteiger partial charge in [0.15, 0.2) is 5.69 Å². The number of esters is 1. The molecule has 0 amide bonds. The third-order valence-electron chi connectivity index (χ3n) is 4.00. The summed E-state index contributed by atoms with van der Waals surface area (Å²) < 4.78 is 17.7. The van der Waals surface area contributed by atoms with E-state index < -0.39 is 11.6 Å². The molecule has 7 heteroatoms. The highest BCUT2D eigenvalue weighted by Gasteiger charge is 2.38. The van der Waals surface area contributed by atoms with E-state index in [-0.39, 0.29) is 11.5 Å². The normalized spacial score (nSPS) is 20.6. The van der Waals surface area contributed by atoms with Crippen LogP contribution in [0.4, 0.5) is 10.2 Å². The van der Waals surface area contributed by atoms with E-state index in [9.17, 15) is 14.3 Å². The minimum absolute atomic E-state index is 0.162. The first kappa shape index (κ1) is 15.4. The van der Waals surface area contributed by atoms with Gasteiger partial charge in [-0.3, -0.25) is 0 Å². The second kappa shape index (κ2) is 5.92. The van der Waals surface area contributed by atoms with Crippen LogP contribution < -0.4 is 4.90 Å². The molecule has 1 N–H and O–H groups in total. The zero-order chi connectivity index (χ0) is 16.4. The van der Waals surface area contributed by atoms with Crippen molar-refractivity contribution in [2.24, 2.45) is 0 Å². The number of methoxy groups -OCH3 is 1. The maximum absolute atomic E-state index is 13.0. The minimum atomic E-state index is -1.08. The van der Waals surface area contributed by atoms with Gasteiger partial charge in [-0.1, -0.05) is 12.1 Å². The summed E-state index contributed by atoms with van der Waals surface area (Å²) in [6.45, 7) is 0.863. The average Bonchev–Trinajstić information content (AvgIpc) is 2.98. The molecule has 1 fully saturated rings. The van der Waals surface area contributed by atoms with Crippen LogP contribution in [0.15, 0.2) is 36.7 Å². The van der Waals surface area contributed by atoms with Crippen molar-refractivity contribution in [1.29, 1.82) is 0 Å². The number of rotatable bonds is 3. The Kier molecular flexibility index (Phi) is 3.96. The van der Waals surface area contributed by atoms with Gasteiger partial charge in [-0.05, 0) is 24.1 Å². The number of hydrogen-bond donors (Lipinski definition) is 1. The van der Waals surface area contributed by atoms with Gasteiger partial charge in [0.1, 0.15) is 23.6 Å². The Balaban J connectivity index is 1.82. The molecule has 0 radical (unpaired) electrons. The molecule has 6 nitrogen and oxygen atoms in total. The minimum Gasteiger partial charge on any atom is -0.464 e. The SMILES string of the molecule is COC(=O)c1cc(N2CCC(O)(c3ccc(F)cc3)C2)ncn1. The number of aliphatic hydroxyl groups is 1. The van der Waals surface area contributed by atoms with Crippen molar-refractivity contribution in [3.63, 3.8) is 0 Å². The molecule has 3 rings (SSSR count). The van der Waals surface area contributed by atoms with Gasteiger partial charge in [0.25, 0.3) is 0 Å². The summed E-state index contributed by atoms with van der Waals surface area (Å²) >= 11 is 0. The topological polar surface area (TPSA) is 75.5 Å². The Morgan fingerprint density at radius 3 is 2.78 bits per heavy atom. The molecule has 0 bridgehead atoms. The van der Waals surface area contributed by atoms with Crippen molar-refractivity contribution in [3.8, 4) is 0 Å². The lowest BCUT2D eigenvalue weighted by atomic mass is 9.93. The Morgan fingerprint density at radius 2 is 2.09 bits per heavy atom. The number of β-amino-alcohol motifs (C(OH)–C–C–N with tert-alkyl or cyclic N) is 1. The van der Waals surface area contributed by atoms with Crippen LogP contribution in [0.25, 0.3) is 0 Å². The molecule has 2 heterocycles. The van der Waals surface area contributed by atoms with Crippen LogP contribution in [0, 0.1) is 5.82 Å². The van der Waals surface area contributed by atoms with Crippen molar-refractivity contribution >= 4 is 11.8 Å². The van der Waals surface area contributed by atoms with E-state index in [1.54, 1.807) is 12.1 Å². The predicted molar refractivity (Wildman–Crippen MR) is 80.5 cm³/mol. The van der Waals surface area contributed by atoms with Gasteiger partial charge in [0, 0.05) is 12.6 Å². The first-order chi connectivity index (χ1) is 11.0. The lowest BCUT2D eigenvalue weighted by Crippen LogP contribution is -2.31. The maximum Gasteiger partial charge on any atom is 0.356 e. The van der Waals surface area contributed by atoms with E-state index >= 15 is 0 Å². The smallest absolute Gasteiger partial charge is 0.356 e. The van der Waals surface area contributed by atoms with Gasteiger partial charge in [0.2, 0.25) is 0 Å². The van der Waals surface area contributed by atoms with Gasteiger partial charge in [-0.2, -0.15) is 0 Å². The van der Waals surface area contributed by atoms with Crippen LogP contribution in [0.2, 0.25) is 0 Å². The second-order valence-electron chi connectivity index (χ2n) is 5.46. The number of benzene rings is 1. The number of aromatic nitrogens is 2. The van der Waals surface area contributed by atoms with E-state index in [2.05, 4.69) is 14.7 Å². The highest BCUT2D eigenvalue weighted by Crippen LogP contribution is 2.34. The highest BCUT2D eigenvalue weighted by molar-refractivity contribution is 5.87. The van der Waals surface area contributed by atoms with Gasteiger partial charge < -0.3 is 14.7 Å². The Bertz CT molecular complexity index is 723. The van der Waals surface area contributed by atoms with Crippen molar-refractivity contribution in [2.75, 3.05) is 25.1 Å². The molecular formula is C16H16FN3O3. The number of hydrogen-bond acceptors (Lipinski definition) is 6. The first-order valence-electron chi connectivity index (χ1n) is 7.15. The highest BCUT2D eigenvalue weighted by atomic mass is 19.1. The standard InChI is InChI=1S/C16H16FN3O3/c1-23-15(21)13-8-14(19-10-18-13)20-7-6-16(22,9-20)11-2-4-12(17)5-3-11/h2-5,8,10,22H,6-7,9H2,1H3. The molecule has 1 aliphatic rings. The summed E-state index contributed by atoms with van der Waals surface area (Å²) in [4.78, 5) is 21.4. The number of anilines is 1. The van der Waals surface area contributed by atoms with Crippen molar-refractivity contribution < 1.29 is 19.0 Å². The van der Waals surface area contributed by atoms with Gasteiger partial charge in [-0.15, -0.1) is 0 Å². The fraction of sp³-hybridized carbons (Fsp3) is 0.312. The number of carbonyl (C=O) groups is 1. The number of ether oxygens (including phenoxy) is 1. The van der Waals surface area contributed by atoms with Crippen LogP contribution in [0.5, 0.6) is 0 Å². The Hall–Kier alpha value is -2.54. The predicted octanol–water partition coefficient (Wildman–Crippen LogP) is 1.50. The fourth-order valence-electron chi connectivity index (χ4n) is 2.72. The zero-order valence-corrected chi connectivity index (χ0v) is 12.6. The summed E-state index contributed by atoms with van der Waals surface area (Å²) in [7, 11) is 1.28. The molecule has 1 aromatic heterocycles. The summed E-state index contributed by atoms with van der Waals surface area (Å²) in [6, 6.07) is 7.35. The van der Waals surface area contributed by atoms with E-state index in [0.29, 0.717) is 30.9 Å². The third-order valence-corrected chi connectivity index (χ3v) is 4.00. The van der Waals surface area contributed by atoms with Crippen molar-refractivity contribution in [1.82, 2.24) is 9.97 Å². The molecule has 0 spiro atoms. The molecule has 1 aliphatic heterocycles. The summed E-state index contributed by atoms with van der Waals surface area (Å²) in [6.07, 6.45) is 1.77. The molecular weight excluding hydrogens is 301 g/mol. The number of halogens is 1. The van der Waals surface area contributed by atoms with Gasteiger partial charge in [0.05, 0.1) is 13.7 Å². The van der Waals surface area contributed by atoms with Gasteiger partial charge >= 0.3 is 5.97 Å². The maximum atomic E-state index is 13.0. The molecule has 2 aromatic rings. The van der Waals surface area contributed by atoms with E-state index in [1.165, 1.54) is 31.6 Å². The molecule has 23 heavy (non-hydrogen) atoms.